The summed E-state index contributed by atoms with van der Waals surface area (Å²) in [5.74, 6) is -0.308. The van der Waals surface area contributed by atoms with E-state index < -0.39 is 10.0 Å². The molecule has 2 aromatic carbocycles. The van der Waals surface area contributed by atoms with Gasteiger partial charge >= 0.3 is 0 Å². The van der Waals surface area contributed by atoms with E-state index in [2.05, 4.69) is 5.32 Å². The molecule has 152 valence electrons. The minimum atomic E-state index is -3.88. The third-order valence-electron chi connectivity index (χ3n) is 4.87. The van der Waals surface area contributed by atoms with Crippen LogP contribution in [-0.2, 0) is 14.8 Å². The van der Waals surface area contributed by atoms with E-state index >= 15 is 0 Å². The van der Waals surface area contributed by atoms with Crippen LogP contribution < -0.4 is 9.62 Å². The Kier molecular flexibility index (Phi) is 7.24. The van der Waals surface area contributed by atoms with Gasteiger partial charge in [0.25, 0.3) is 10.0 Å². The van der Waals surface area contributed by atoms with Crippen LogP contribution in [-0.4, -0.2) is 26.9 Å². The van der Waals surface area contributed by atoms with Crippen molar-refractivity contribution in [2.45, 2.75) is 58.4 Å². The van der Waals surface area contributed by atoms with E-state index in [1.54, 1.807) is 30.3 Å². The van der Waals surface area contributed by atoms with E-state index in [0.717, 1.165) is 29.5 Å². The number of nitrogens with zero attached hydrogens (tertiary/aromatic N) is 1. The maximum absolute atomic E-state index is 13.4. The molecule has 0 aromatic heterocycles. The number of amides is 1. The van der Waals surface area contributed by atoms with Gasteiger partial charge in [-0.3, -0.25) is 9.10 Å². The van der Waals surface area contributed by atoms with Gasteiger partial charge in [0.05, 0.1) is 10.6 Å². The van der Waals surface area contributed by atoms with Crippen molar-refractivity contribution in [3.63, 3.8) is 0 Å². The molecular weight excluding hydrogens is 372 g/mol. The maximum Gasteiger partial charge on any atom is 0.264 e. The zero-order chi connectivity index (χ0) is 20.9. The molecule has 0 aliphatic rings. The van der Waals surface area contributed by atoms with E-state index in [4.69, 9.17) is 0 Å². The third kappa shape index (κ3) is 5.13. The Labute approximate surface area is 168 Å². The number of carbonyl (C=O) groups excluding carboxylic acids is 1. The average molecular weight is 403 g/mol. The van der Waals surface area contributed by atoms with Crippen LogP contribution in [0, 0.1) is 20.8 Å². The van der Waals surface area contributed by atoms with Crippen molar-refractivity contribution in [2.24, 2.45) is 0 Å². The van der Waals surface area contributed by atoms with Crippen molar-refractivity contribution in [1.29, 1.82) is 0 Å². The van der Waals surface area contributed by atoms with E-state index in [1.807, 2.05) is 46.8 Å². The molecule has 0 saturated heterocycles. The van der Waals surface area contributed by atoms with Crippen LogP contribution in [0.15, 0.2) is 47.4 Å². The summed E-state index contributed by atoms with van der Waals surface area (Å²) in [6, 6.07) is 12.2. The highest BCUT2D eigenvalue weighted by Gasteiger charge is 2.28. The van der Waals surface area contributed by atoms with Crippen molar-refractivity contribution in [2.75, 3.05) is 10.8 Å². The van der Waals surface area contributed by atoms with Gasteiger partial charge in [0, 0.05) is 6.04 Å². The molecule has 0 aliphatic carbocycles. The lowest BCUT2D eigenvalue weighted by atomic mass is 10.1. The van der Waals surface area contributed by atoms with Crippen LogP contribution in [0.5, 0.6) is 0 Å². The minimum Gasteiger partial charge on any atom is -0.352 e. The minimum absolute atomic E-state index is 0.0000327. The number of sulfonamides is 1. The summed E-state index contributed by atoms with van der Waals surface area (Å²) in [5.41, 5.74) is 3.32. The Hall–Kier alpha value is -2.34. The van der Waals surface area contributed by atoms with Gasteiger partial charge in [-0.2, -0.15) is 0 Å². The first-order chi connectivity index (χ1) is 13.2. The zero-order valence-corrected chi connectivity index (χ0v) is 18.1. The number of aryl methyl sites for hydroxylation is 2. The molecule has 6 heteroatoms. The topological polar surface area (TPSA) is 66.5 Å². The summed E-state index contributed by atoms with van der Waals surface area (Å²) < 4.78 is 28.0. The number of carbonyl (C=O) groups is 1. The Morgan fingerprint density at radius 2 is 1.71 bits per heavy atom. The summed E-state index contributed by atoms with van der Waals surface area (Å²) >= 11 is 0. The van der Waals surface area contributed by atoms with Gasteiger partial charge in [-0.15, -0.1) is 0 Å². The first-order valence-corrected chi connectivity index (χ1v) is 11.1. The molecule has 2 rings (SSSR count). The Balaban J connectivity index is 2.45. The van der Waals surface area contributed by atoms with Gasteiger partial charge in [-0.1, -0.05) is 43.2 Å². The summed E-state index contributed by atoms with van der Waals surface area (Å²) in [4.78, 5) is 12.8. The molecular formula is C22H30N2O3S. The predicted octanol–water partition coefficient (Wildman–Crippen LogP) is 4.11. The number of nitrogens with one attached hydrogen (secondary N) is 1. The molecule has 0 bridgehead atoms. The molecule has 0 unspecified atom stereocenters. The number of rotatable bonds is 8. The lowest BCUT2D eigenvalue weighted by Crippen LogP contribution is -2.43. The third-order valence-corrected chi connectivity index (χ3v) is 6.64. The molecule has 1 atom stereocenters. The lowest BCUT2D eigenvalue weighted by Gasteiger charge is -2.27. The maximum atomic E-state index is 13.4. The molecule has 0 fully saturated rings. The van der Waals surface area contributed by atoms with Crippen LogP contribution in [0.3, 0.4) is 0 Å². The standard InChI is InChI=1S/C22H30N2O3S/c1-6-8-18(4)23-22(25)15-24(21-10-7-9-17(3)19(21)5)28(26,27)20-13-11-16(2)12-14-20/h7,9-14,18H,6,8,15H2,1-5H3,(H,23,25)/t18-/m0/s1. The lowest BCUT2D eigenvalue weighted by molar-refractivity contribution is -0.120. The fraction of sp³-hybridized carbons (Fsp3) is 0.409. The fourth-order valence-electron chi connectivity index (χ4n) is 3.10. The van der Waals surface area contributed by atoms with Crippen LogP contribution in [0.2, 0.25) is 0 Å². The van der Waals surface area contributed by atoms with Crippen molar-refractivity contribution >= 4 is 21.6 Å². The van der Waals surface area contributed by atoms with Gasteiger partial charge < -0.3 is 5.32 Å². The van der Waals surface area contributed by atoms with Gasteiger partial charge in [-0.25, -0.2) is 8.42 Å². The van der Waals surface area contributed by atoms with E-state index in [0.29, 0.717) is 5.69 Å². The Morgan fingerprint density at radius 1 is 1.07 bits per heavy atom. The van der Waals surface area contributed by atoms with Gasteiger partial charge in [-0.05, 0) is 63.4 Å². The fourth-order valence-corrected chi connectivity index (χ4v) is 4.58. The smallest absolute Gasteiger partial charge is 0.264 e. The average Bonchev–Trinajstić information content (AvgIpc) is 2.63. The summed E-state index contributed by atoms with van der Waals surface area (Å²) in [6.45, 7) is 9.43. The predicted molar refractivity (Wildman–Crippen MR) is 114 cm³/mol. The second-order valence-electron chi connectivity index (χ2n) is 7.30. The van der Waals surface area contributed by atoms with Crippen LogP contribution in [0.25, 0.3) is 0 Å². The van der Waals surface area contributed by atoms with E-state index in [9.17, 15) is 13.2 Å². The van der Waals surface area contributed by atoms with Gasteiger partial charge in [0.15, 0.2) is 0 Å². The molecule has 28 heavy (non-hydrogen) atoms. The zero-order valence-electron chi connectivity index (χ0n) is 17.3. The van der Waals surface area contributed by atoms with Crippen LogP contribution >= 0.6 is 0 Å². The summed E-state index contributed by atoms with van der Waals surface area (Å²) in [5, 5.41) is 2.90. The second kappa shape index (κ2) is 9.24. The number of hydrogen-bond acceptors (Lipinski definition) is 3. The highest BCUT2D eigenvalue weighted by Crippen LogP contribution is 2.28. The second-order valence-corrected chi connectivity index (χ2v) is 9.16. The summed E-state index contributed by atoms with van der Waals surface area (Å²) in [7, 11) is -3.88. The quantitative estimate of drug-likeness (QED) is 0.722. The Bertz CT molecular complexity index is 921. The molecule has 1 amide bonds. The highest BCUT2D eigenvalue weighted by atomic mass is 32.2. The number of anilines is 1. The first kappa shape index (κ1) is 22.0. The largest absolute Gasteiger partial charge is 0.352 e. The van der Waals surface area contributed by atoms with Crippen molar-refractivity contribution in [1.82, 2.24) is 5.32 Å². The molecule has 0 aliphatic heterocycles. The van der Waals surface area contributed by atoms with E-state index in [1.165, 1.54) is 4.31 Å². The molecule has 0 heterocycles. The van der Waals surface area contributed by atoms with Crippen LogP contribution in [0.1, 0.15) is 43.4 Å². The molecule has 0 radical (unpaired) electrons. The van der Waals surface area contributed by atoms with Gasteiger partial charge in [0.2, 0.25) is 5.91 Å². The summed E-state index contributed by atoms with van der Waals surface area (Å²) in [6.07, 6.45) is 1.80. The molecule has 0 spiro atoms. The highest BCUT2D eigenvalue weighted by molar-refractivity contribution is 7.92. The molecule has 0 saturated carbocycles. The monoisotopic (exact) mass is 402 g/mol. The number of benzene rings is 2. The van der Waals surface area contributed by atoms with Crippen LogP contribution in [0.4, 0.5) is 5.69 Å². The first-order valence-electron chi connectivity index (χ1n) is 9.61. The van der Waals surface area contributed by atoms with Crippen molar-refractivity contribution < 1.29 is 13.2 Å². The van der Waals surface area contributed by atoms with Crippen molar-refractivity contribution in [3.8, 4) is 0 Å². The Morgan fingerprint density at radius 3 is 2.32 bits per heavy atom. The molecule has 5 nitrogen and oxygen atoms in total. The van der Waals surface area contributed by atoms with E-state index in [-0.39, 0.29) is 23.4 Å². The molecule has 1 N–H and O–H groups in total. The normalized spacial score (nSPS) is 12.5. The van der Waals surface area contributed by atoms with Gasteiger partial charge in [0.1, 0.15) is 6.54 Å². The SMILES string of the molecule is CCC[C@H](C)NC(=O)CN(c1cccc(C)c1C)S(=O)(=O)c1ccc(C)cc1. The molecule has 2 aromatic rings. The van der Waals surface area contributed by atoms with Crippen molar-refractivity contribution in [3.05, 3.63) is 59.2 Å². The number of hydrogen-bond donors (Lipinski definition) is 1.